The molecule has 0 radical (unpaired) electrons. The largest absolute Gasteiger partial charge is 0.379 e. The van der Waals surface area contributed by atoms with Crippen molar-refractivity contribution < 1.29 is 9.13 Å². The van der Waals surface area contributed by atoms with Crippen LogP contribution in [0.2, 0.25) is 0 Å². The van der Waals surface area contributed by atoms with Gasteiger partial charge in [0, 0.05) is 25.0 Å². The number of benzene rings is 1. The second-order valence-corrected chi connectivity index (χ2v) is 4.87. The van der Waals surface area contributed by atoms with E-state index in [1.807, 2.05) is 0 Å². The van der Waals surface area contributed by atoms with Gasteiger partial charge in [-0.1, -0.05) is 0 Å². The lowest BCUT2D eigenvalue weighted by Gasteiger charge is -2.14. The van der Waals surface area contributed by atoms with E-state index in [4.69, 9.17) is 16.3 Å². The van der Waals surface area contributed by atoms with Gasteiger partial charge in [-0.15, -0.1) is 11.6 Å². The third-order valence-electron chi connectivity index (χ3n) is 3.31. The summed E-state index contributed by atoms with van der Waals surface area (Å²) >= 11 is 5.81. The molecule has 2 heterocycles. The summed E-state index contributed by atoms with van der Waals surface area (Å²) in [5, 5.41) is 0. The van der Waals surface area contributed by atoms with Gasteiger partial charge < -0.3 is 9.30 Å². The predicted molar refractivity (Wildman–Crippen MR) is 68.6 cm³/mol. The number of nitrogens with zero attached hydrogens (tertiary/aromatic N) is 2. The summed E-state index contributed by atoms with van der Waals surface area (Å²) in [6, 6.07) is 5.02. The molecule has 1 aromatic carbocycles. The molecule has 1 saturated heterocycles. The molecule has 3 nitrogen and oxygen atoms in total. The molecular weight excluding hydrogens is 255 g/mol. The molecule has 5 heteroatoms. The van der Waals surface area contributed by atoms with Crippen LogP contribution in [0.15, 0.2) is 18.2 Å². The van der Waals surface area contributed by atoms with Crippen LogP contribution in [0, 0.1) is 5.82 Å². The summed E-state index contributed by atoms with van der Waals surface area (Å²) in [4.78, 5) is 4.49. The van der Waals surface area contributed by atoms with Crippen molar-refractivity contribution in [3.8, 4) is 0 Å². The Morgan fingerprint density at radius 3 is 3.11 bits per heavy atom. The Hall–Kier alpha value is -1.13. The molecule has 18 heavy (non-hydrogen) atoms. The minimum Gasteiger partial charge on any atom is -0.379 e. The summed E-state index contributed by atoms with van der Waals surface area (Å²) in [5.74, 6) is 1.17. The van der Waals surface area contributed by atoms with E-state index in [9.17, 15) is 4.39 Å². The number of halogens is 2. The van der Waals surface area contributed by atoms with Crippen LogP contribution in [0.4, 0.5) is 4.39 Å². The summed E-state index contributed by atoms with van der Waals surface area (Å²) in [5.41, 5.74) is 1.66. The van der Waals surface area contributed by atoms with E-state index in [1.165, 1.54) is 12.1 Å². The number of fused-ring (bicyclic) bond motifs is 1. The average molecular weight is 269 g/mol. The van der Waals surface area contributed by atoms with E-state index < -0.39 is 0 Å². The molecule has 3 rings (SSSR count). The van der Waals surface area contributed by atoms with Gasteiger partial charge in [-0.3, -0.25) is 0 Å². The van der Waals surface area contributed by atoms with Gasteiger partial charge in [-0.25, -0.2) is 9.37 Å². The molecule has 1 unspecified atom stereocenters. The third-order valence-corrected chi connectivity index (χ3v) is 3.50. The molecule has 96 valence electrons. The molecule has 1 atom stereocenters. The summed E-state index contributed by atoms with van der Waals surface area (Å²) in [7, 11) is 0. The van der Waals surface area contributed by atoms with Crippen LogP contribution in [0.3, 0.4) is 0 Å². The highest BCUT2D eigenvalue weighted by Crippen LogP contribution is 2.27. The van der Waals surface area contributed by atoms with E-state index in [0.29, 0.717) is 30.5 Å². The minimum atomic E-state index is -0.257. The Kier molecular flexibility index (Phi) is 3.22. The van der Waals surface area contributed by atoms with Gasteiger partial charge in [0.15, 0.2) is 0 Å². The predicted octanol–water partition coefficient (Wildman–Crippen LogP) is 2.92. The van der Waals surface area contributed by atoms with Crippen molar-refractivity contribution in [2.75, 3.05) is 19.1 Å². The monoisotopic (exact) mass is 268 g/mol. The zero-order valence-corrected chi connectivity index (χ0v) is 10.7. The Morgan fingerprint density at radius 2 is 2.39 bits per heavy atom. The van der Waals surface area contributed by atoms with E-state index >= 15 is 0 Å². The van der Waals surface area contributed by atoms with Crippen LogP contribution in [-0.4, -0.2) is 28.6 Å². The molecule has 0 bridgehead atoms. The van der Waals surface area contributed by atoms with Gasteiger partial charge in [-0.05, 0) is 18.6 Å². The molecule has 1 aromatic heterocycles. The Balaban J connectivity index is 2.14. The first-order chi connectivity index (χ1) is 8.79. The number of imidazole rings is 1. The lowest BCUT2D eigenvalue weighted by Crippen LogP contribution is -2.12. The van der Waals surface area contributed by atoms with Crippen LogP contribution in [0.5, 0.6) is 0 Å². The molecule has 0 saturated carbocycles. The number of aromatic nitrogens is 2. The maximum atomic E-state index is 13.2. The molecular formula is C13H14ClFN2O. The summed E-state index contributed by atoms with van der Waals surface area (Å²) < 4.78 is 20.8. The van der Waals surface area contributed by atoms with Crippen LogP contribution in [0.1, 0.15) is 18.3 Å². The fourth-order valence-electron chi connectivity index (χ4n) is 2.52. The van der Waals surface area contributed by atoms with Gasteiger partial charge in [0.2, 0.25) is 0 Å². The van der Waals surface area contributed by atoms with Gasteiger partial charge >= 0.3 is 0 Å². The van der Waals surface area contributed by atoms with Crippen molar-refractivity contribution in [2.24, 2.45) is 0 Å². The van der Waals surface area contributed by atoms with Crippen LogP contribution in [0.25, 0.3) is 11.0 Å². The Labute approximate surface area is 110 Å². The highest BCUT2D eigenvalue weighted by atomic mass is 35.5. The number of hydrogen-bond acceptors (Lipinski definition) is 2. The first-order valence-corrected chi connectivity index (χ1v) is 6.63. The second-order valence-electron chi connectivity index (χ2n) is 4.49. The summed E-state index contributed by atoms with van der Waals surface area (Å²) in [6.07, 6.45) is 1.66. The fourth-order valence-corrected chi connectivity index (χ4v) is 2.68. The number of aryl methyl sites for hydroxylation is 1. The van der Waals surface area contributed by atoms with E-state index in [0.717, 1.165) is 24.4 Å². The first-order valence-electron chi connectivity index (χ1n) is 6.09. The van der Waals surface area contributed by atoms with Crippen molar-refractivity contribution in [3.05, 3.63) is 29.8 Å². The first kappa shape index (κ1) is 11.9. The van der Waals surface area contributed by atoms with Crippen molar-refractivity contribution in [1.29, 1.82) is 0 Å². The van der Waals surface area contributed by atoms with Gasteiger partial charge in [0.25, 0.3) is 0 Å². The minimum absolute atomic E-state index is 0.257. The standard InChI is InChI=1S/C13H14ClFN2O/c14-5-3-13-16-11-7-9(15)1-2-12(11)17(13)10-4-6-18-8-10/h1-2,7,10H,3-6,8H2. The molecule has 0 amide bonds. The molecule has 1 aliphatic rings. The highest BCUT2D eigenvalue weighted by Gasteiger charge is 2.22. The summed E-state index contributed by atoms with van der Waals surface area (Å²) in [6.45, 7) is 1.46. The lowest BCUT2D eigenvalue weighted by molar-refractivity contribution is 0.186. The zero-order chi connectivity index (χ0) is 12.5. The Morgan fingerprint density at radius 1 is 1.50 bits per heavy atom. The maximum Gasteiger partial charge on any atom is 0.125 e. The van der Waals surface area contributed by atoms with Gasteiger partial charge in [0.1, 0.15) is 11.6 Å². The van der Waals surface area contributed by atoms with Crippen molar-refractivity contribution in [1.82, 2.24) is 9.55 Å². The van der Waals surface area contributed by atoms with Crippen molar-refractivity contribution in [3.63, 3.8) is 0 Å². The van der Waals surface area contributed by atoms with Gasteiger partial charge in [-0.2, -0.15) is 0 Å². The third kappa shape index (κ3) is 1.99. The SMILES string of the molecule is Fc1ccc2c(c1)nc(CCCl)n2C1CCOC1. The number of alkyl halides is 1. The smallest absolute Gasteiger partial charge is 0.125 e. The lowest BCUT2D eigenvalue weighted by atomic mass is 10.2. The molecule has 0 aliphatic carbocycles. The van der Waals surface area contributed by atoms with Crippen LogP contribution < -0.4 is 0 Å². The second kappa shape index (κ2) is 4.86. The van der Waals surface area contributed by atoms with Crippen molar-refractivity contribution in [2.45, 2.75) is 18.9 Å². The van der Waals surface area contributed by atoms with Crippen molar-refractivity contribution >= 4 is 22.6 Å². The van der Waals surface area contributed by atoms with E-state index in [-0.39, 0.29) is 5.82 Å². The molecule has 1 fully saturated rings. The average Bonchev–Trinajstić information content (AvgIpc) is 2.95. The quantitative estimate of drug-likeness (QED) is 0.801. The highest BCUT2D eigenvalue weighted by molar-refractivity contribution is 6.17. The topological polar surface area (TPSA) is 27.1 Å². The number of hydrogen-bond donors (Lipinski definition) is 0. The number of ether oxygens (including phenoxy) is 1. The van der Waals surface area contributed by atoms with Crippen LogP contribution in [-0.2, 0) is 11.2 Å². The normalized spacial score (nSPS) is 19.8. The fraction of sp³-hybridized carbons (Fsp3) is 0.462. The molecule has 1 aliphatic heterocycles. The van der Waals surface area contributed by atoms with Crippen LogP contribution >= 0.6 is 11.6 Å². The maximum absolute atomic E-state index is 13.2. The zero-order valence-electron chi connectivity index (χ0n) is 9.90. The molecule has 0 N–H and O–H groups in total. The molecule has 0 spiro atoms. The van der Waals surface area contributed by atoms with E-state index in [2.05, 4.69) is 9.55 Å². The Bertz CT molecular complexity index is 563. The van der Waals surface area contributed by atoms with E-state index in [1.54, 1.807) is 6.07 Å². The number of rotatable bonds is 3. The van der Waals surface area contributed by atoms with Gasteiger partial charge in [0.05, 0.1) is 23.7 Å². The molecule has 2 aromatic rings.